The number of hydrogen-bond donors (Lipinski definition) is 0. The van der Waals surface area contributed by atoms with Crippen molar-refractivity contribution in [2.75, 3.05) is 56.6 Å². The molecule has 1 aromatic heterocycles. The third-order valence-electron chi connectivity index (χ3n) is 9.27. The zero-order valence-corrected chi connectivity index (χ0v) is 25.3. The normalized spacial score (nSPS) is 22.3. The van der Waals surface area contributed by atoms with Crippen molar-refractivity contribution in [3.8, 4) is 6.01 Å². The van der Waals surface area contributed by atoms with E-state index in [1.165, 1.54) is 29.0 Å². The third-order valence-corrected chi connectivity index (χ3v) is 9.27. The number of fused-ring (bicyclic) bond motifs is 2. The summed E-state index contributed by atoms with van der Waals surface area (Å²) in [5, 5.41) is 2.46. The van der Waals surface area contributed by atoms with Crippen molar-refractivity contribution in [1.82, 2.24) is 19.8 Å². The quantitative estimate of drug-likeness (QED) is 0.300. The van der Waals surface area contributed by atoms with Crippen molar-refractivity contribution in [1.29, 1.82) is 0 Å². The van der Waals surface area contributed by atoms with Gasteiger partial charge in [0.15, 0.2) is 0 Å². The van der Waals surface area contributed by atoms with Crippen molar-refractivity contribution in [2.24, 2.45) is 0 Å². The van der Waals surface area contributed by atoms with Gasteiger partial charge in [0.1, 0.15) is 18.0 Å². The number of amides is 1. The van der Waals surface area contributed by atoms with Gasteiger partial charge in [0, 0.05) is 48.9 Å². The summed E-state index contributed by atoms with van der Waals surface area (Å²) in [6.45, 7) is 14.7. The van der Waals surface area contributed by atoms with Crippen LogP contribution < -0.4 is 14.5 Å². The van der Waals surface area contributed by atoms with E-state index >= 15 is 0 Å². The molecule has 2 aromatic carbocycles. The van der Waals surface area contributed by atoms with E-state index in [1.54, 1.807) is 4.90 Å². The van der Waals surface area contributed by atoms with Crippen LogP contribution in [0, 0.1) is 6.57 Å². The molecule has 2 aliphatic heterocycles. The molecule has 3 unspecified atom stereocenters. The molecule has 0 N–H and O–H groups in total. The summed E-state index contributed by atoms with van der Waals surface area (Å²) in [5.74, 6) is 0.763. The molecule has 3 atom stereocenters. The zero-order chi connectivity index (χ0) is 29.9. The van der Waals surface area contributed by atoms with Crippen LogP contribution in [0.15, 0.2) is 55.1 Å². The average molecular weight is 580 g/mol. The van der Waals surface area contributed by atoms with E-state index in [4.69, 9.17) is 21.3 Å². The van der Waals surface area contributed by atoms with Crippen molar-refractivity contribution >= 4 is 28.2 Å². The minimum absolute atomic E-state index is 0.0710. The largest absolute Gasteiger partial charge is 0.460 e. The number of rotatable bonds is 7. The molecule has 9 nitrogen and oxygen atoms in total. The van der Waals surface area contributed by atoms with E-state index in [0.717, 1.165) is 49.3 Å². The number of carbonyl (C=O) groups is 1. The van der Waals surface area contributed by atoms with Gasteiger partial charge in [-0.1, -0.05) is 43.0 Å². The molecule has 1 amide bonds. The number of aromatic nitrogens is 2. The van der Waals surface area contributed by atoms with Crippen LogP contribution in [-0.2, 0) is 17.8 Å². The Morgan fingerprint density at radius 2 is 1.95 bits per heavy atom. The molecule has 1 saturated carbocycles. The lowest BCUT2D eigenvalue weighted by molar-refractivity contribution is -0.128. The van der Waals surface area contributed by atoms with Crippen LogP contribution in [0.4, 0.5) is 11.5 Å². The van der Waals surface area contributed by atoms with E-state index < -0.39 is 0 Å². The number of piperazine rings is 1. The van der Waals surface area contributed by atoms with Gasteiger partial charge in [-0.2, -0.15) is 9.97 Å². The van der Waals surface area contributed by atoms with Gasteiger partial charge in [0.2, 0.25) is 12.5 Å². The van der Waals surface area contributed by atoms with E-state index in [-0.39, 0.29) is 24.6 Å². The Balaban J connectivity index is 1.34. The minimum Gasteiger partial charge on any atom is -0.460 e. The Labute approximate surface area is 254 Å². The van der Waals surface area contributed by atoms with E-state index in [1.807, 2.05) is 0 Å². The Bertz CT molecular complexity index is 1530. The molecule has 9 heteroatoms. The number of carbonyl (C=O) groups excluding carboxylic acids is 1. The SMILES string of the molecule is [C-]#[N+]CC1CN(c2nc(OC3CCCC(N(C)C)C3)nc3c2CCN(c2cccc4ccccc24)C3)CCN1C(=O)C=C. The molecule has 3 aliphatic rings. The first-order chi connectivity index (χ1) is 20.9. The van der Waals surface area contributed by atoms with Crippen molar-refractivity contribution in [3.63, 3.8) is 0 Å². The molecule has 3 aromatic rings. The number of anilines is 2. The molecule has 0 radical (unpaired) electrons. The molecule has 3 heterocycles. The van der Waals surface area contributed by atoms with Gasteiger partial charge in [-0.25, -0.2) is 6.57 Å². The predicted octanol–water partition coefficient (Wildman–Crippen LogP) is 4.57. The fourth-order valence-electron chi connectivity index (χ4n) is 6.95. The lowest BCUT2D eigenvalue weighted by atomic mass is 9.92. The highest BCUT2D eigenvalue weighted by molar-refractivity contribution is 5.94. The molecular formula is C34H41N7O2. The maximum atomic E-state index is 12.6. The van der Waals surface area contributed by atoms with Gasteiger partial charge in [0.25, 0.3) is 0 Å². The van der Waals surface area contributed by atoms with Gasteiger partial charge >= 0.3 is 6.01 Å². The monoisotopic (exact) mass is 579 g/mol. The third kappa shape index (κ3) is 6.02. The highest BCUT2D eigenvalue weighted by Crippen LogP contribution is 2.35. The Morgan fingerprint density at radius 1 is 1.12 bits per heavy atom. The Morgan fingerprint density at radius 3 is 2.77 bits per heavy atom. The average Bonchev–Trinajstić information content (AvgIpc) is 3.03. The summed E-state index contributed by atoms with van der Waals surface area (Å²) < 4.78 is 6.58. The predicted molar refractivity (Wildman–Crippen MR) is 170 cm³/mol. The van der Waals surface area contributed by atoms with Gasteiger partial charge in [-0.15, -0.1) is 0 Å². The second-order valence-corrected chi connectivity index (χ2v) is 12.1. The van der Waals surface area contributed by atoms with Crippen molar-refractivity contribution in [2.45, 2.75) is 56.8 Å². The number of nitrogens with zero attached hydrogens (tertiary/aromatic N) is 7. The van der Waals surface area contributed by atoms with Gasteiger partial charge in [-0.05, 0) is 63.7 Å². The summed E-state index contributed by atoms with van der Waals surface area (Å²) in [4.78, 5) is 35.1. The van der Waals surface area contributed by atoms with Crippen LogP contribution in [0.2, 0.25) is 0 Å². The summed E-state index contributed by atoms with van der Waals surface area (Å²) in [5.41, 5.74) is 3.34. The zero-order valence-electron chi connectivity index (χ0n) is 25.3. The molecule has 1 saturated heterocycles. The van der Waals surface area contributed by atoms with Gasteiger partial charge < -0.3 is 29.2 Å². The molecule has 1 aliphatic carbocycles. The Kier molecular flexibility index (Phi) is 8.48. The van der Waals surface area contributed by atoms with Crippen LogP contribution in [0.3, 0.4) is 0 Å². The molecule has 0 spiro atoms. The first-order valence-corrected chi connectivity index (χ1v) is 15.4. The summed E-state index contributed by atoms with van der Waals surface area (Å²) in [6.07, 6.45) is 6.48. The minimum atomic E-state index is -0.221. The van der Waals surface area contributed by atoms with Gasteiger partial charge in [-0.3, -0.25) is 4.79 Å². The van der Waals surface area contributed by atoms with E-state index in [0.29, 0.717) is 38.2 Å². The van der Waals surface area contributed by atoms with E-state index in [2.05, 4.69) is 82.7 Å². The lowest BCUT2D eigenvalue weighted by Gasteiger charge is -2.41. The molecule has 0 bridgehead atoms. The second-order valence-electron chi connectivity index (χ2n) is 12.1. The second kappa shape index (κ2) is 12.6. The van der Waals surface area contributed by atoms with Crippen LogP contribution in [0.1, 0.15) is 36.9 Å². The topological polar surface area (TPSA) is 69.4 Å². The van der Waals surface area contributed by atoms with Crippen molar-refractivity contribution in [3.05, 3.63) is 77.8 Å². The highest BCUT2D eigenvalue weighted by atomic mass is 16.5. The maximum absolute atomic E-state index is 12.6. The smallest absolute Gasteiger partial charge is 0.318 e. The summed E-state index contributed by atoms with van der Waals surface area (Å²) >= 11 is 0. The number of ether oxygens (including phenoxy) is 1. The Hall–Kier alpha value is -4.16. The standard InChI is InChI=1S/C34H41N7O2/c1-5-32(42)41-19-18-40(22-26(41)21-35-2)33-29-16-17-39(31-15-8-11-24-10-6-7-14-28(24)31)23-30(29)36-34(37-33)43-27-13-9-12-25(20-27)38(3)4/h5-8,10-11,14-15,25-27H,1,9,12-13,16-23H2,3-4H3. The van der Waals surface area contributed by atoms with Crippen LogP contribution >= 0.6 is 0 Å². The molecule has 43 heavy (non-hydrogen) atoms. The van der Waals surface area contributed by atoms with Crippen LogP contribution in [-0.4, -0.2) is 90.7 Å². The van der Waals surface area contributed by atoms with Crippen LogP contribution in [0.5, 0.6) is 6.01 Å². The number of hydrogen-bond acceptors (Lipinski definition) is 7. The molecule has 224 valence electrons. The van der Waals surface area contributed by atoms with E-state index in [9.17, 15) is 4.79 Å². The van der Waals surface area contributed by atoms with Gasteiger partial charge in [0.05, 0.1) is 12.2 Å². The summed E-state index contributed by atoms with van der Waals surface area (Å²) in [6, 6.07) is 15.7. The first kappa shape index (κ1) is 28.9. The fraction of sp³-hybridized carbons (Fsp3) is 0.471. The molecular weight excluding hydrogens is 538 g/mol. The molecule has 6 rings (SSSR count). The number of benzene rings is 2. The highest BCUT2D eigenvalue weighted by Gasteiger charge is 2.35. The van der Waals surface area contributed by atoms with Crippen LogP contribution in [0.25, 0.3) is 15.6 Å². The summed E-state index contributed by atoms with van der Waals surface area (Å²) in [7, 11) is 4.28. The lowest BCUT2D eigenvalue weighted by Crippen LogP contribution is -2.56. The first-order valence-electron chi connectivity index (χ1n) is 15.4. The maximum Gasteiger partial charge on any atom is 0.318 e. The van der Waals surface area contributed by atoms with Crippen molar-refractivity contribution < 1.29 is 9.53 Å². The molecule has 2 fully saturated rings. The fourth-order valence-corrected chi connectivity index (χ4v) is 6.95.